The van der Waals surface area contributed by atoms with Gasteiger partial charge >= 0.3 is 5.97 Å². The van der Waals surface area contributed by atoms with Gasteiger partial charge in [0.1, 0.15) is 5.54 Å². The fraction of sp³-hybridized carbons (Fsp3) is 0.714. The summed E-state index contributed by atoms with van der Waals surface area (Å²) in [6.45, 7) is 6.84. The number of nitrogens with one attached hydrogen (secondary N) is 1. The summed E-state index contributed by atoms with van der Waals surface area (Å²) in [6, 6.07) is 2.35. The number of esters is 1. The predicted molar refractivity (Wildman–Crippen MR) is 73.0 cm³/mol. The Morgan fingerprint density at radius 3 is 2.89 bits per heavy atom. The molecule has 2 rings (SSSR count). The quantitative estimate of drug-likeness (QED) is 0.843. The minimum absolute atomic E-state index is 0.154. The molecule has 0 bridgehead atoms. The first kappa shape index (κ1) is 14.1. The summed E-state index contributed by atoms with van der Waals surface area (Å²) in [5.74, 6) is -0.154. The molecule has 0 saturated heterocycles. The van der Waals surface area contributed by atoms with Gasteiger partial charge in [0.2, 0.25) is 0 Å². The number of carbonyl (C=O) groups is 1. The van der Waals surface area contributed by atoms with Crippen LogP contribution in [0.5, 0.6) is 0 Å². The Labute approximate surface area is 114 Å². The van der Waals surface area contributed by atoms with Gasteiger partial charge in [-0.1, -0.05) is 6.92 Å². The van der Waals surface area contributed by atoms with Crippen molar-refractivity contribution >= 4 is 5.97 Å². The largest absolute Gasteiger partial charge is 0.468 e. The molecule has 5 nitrogen and oxygen atoms in total. The minimum atomic E-state index is -0.541. The number of rotatable bonds is 4. The van der Waals surface area contributed by atoms with Gasteiger partial charge < -0.3 is 10.1 Å². The fourth-order valence-electron chi connectivity index (χ4n) is 3.20. The standard InChI is InChI=1S/C14H23N3O2/c1-5-15-14(13(18)19-4)7-6-12(9-14)17-11(3)8-10(2)16-17/h8,12,15H,5-7,9H2,1-4H3. The average Bonchev–Trinajstić information content (AvgIpc) is 2.93. The number of likely N-dealkylation sites (N-methyl/N-ethyl adjacent to an activating group) is 1. The molecule has 1 aliphatic carbocycles. The molecule has 0 aromatic carbocycles. The normalized spacial score (nSPS) is 26.6. The Morgan fingerprint density at radius 2 is 2.37 bits per heavy atom. The maximum atomic E-state index is 12.1. The molecular weight excluding hydrogens is 242 g/mol. The smallest absolute Gasteiger partial charge is 0.326 e. The third kappa shape index (κ3) is 2.52. The molecule has 0 spiro atoms. The summed E-state index contributed by atoms with van der Waals surface area (Å²) in [5.41, 5.74) is 1.64. The monoisotopic (exact) mass is 265 g/mol. The summed E-state index contributed by atoms with van der Waals surface area (Å²) in [6.07, 6.45) is 2.50. The Hall–Kier alpha value is -1.36. The van der Waals surface area contributed by atoms with Gasteiger partial charge in [-0.05, 0) is 45.7 Å². The predicted octanol–water partition coefficient (Wildman–Crippen LogP) is 1.75. The zero-order valence-electron chi connectivity index (χ0n) is 12.2. The lowest BCUT2D eigenvalue weighted by Crippen LogP contribution is -2.50. The van der Waals surface area contributed by atoms with E-state index in [2.05, 4.69) is 28.1 Å². The SMILES string of the molecule is CCNC1(C(=O)OC)CCC(n2nc(C)cc2C)C1. The van der Waals surface area contributed by atoms with Crippen LogP contribution in [0, 0.1) is 13.8 Å². The first-order valence-corrected chi connectivity index (χ1v) is 6.88. The maximum absolute atomic E-state index is 12.1. The molecule has 0 aliphatic heterocycles. The van der Waals surface area contributed by atoms with Crippen molar-refractivity contribution in [2.75, 3.05) is 13.7 Å². The van der Waals surface area contributed by atoms with E-state index < -0.39 is 5.54 Å². The molecule has 1 heterocycles. The van der Waals surface area contributed by atoms with E-state index in [0.29, 0.717) is 0 Å². The zero-order valence-corrected chi connectivity index (χ0v) is 12.2. The van der Waals surface area contributed by atoms with Gasteiger partial charge in [-0.15, -0.1) is 0 Å². The van der Waals surface area contributed by atoms with Gasteiger partial charge in [-0.25, -0.2) is 0 Å². The molecular formula is C14H23N3O2. The van der Waals surface area contributed by atoms with Crippen molar-refractivity contribution in [1.82, 2.24) is 15.1 Å². The van der Waals surface area contributed by atoms with Crippen molar-refractivity contribution in [2.45, 2.75) is 51.6 Å². The van der Waals surface area contributed by atoms with Crippen LogP contribution in [0.1, 0.15) is 43.6 Å². The molecule has 2 atom stereocenters. The van der Waals surface area contributed by atoms with E-state index in [0.717, 1.165) is 37.2 Å². The van der Waals surface area contributed by atoms with Crippen molar-refractivity contribution in [3.05, 3.63) is 17.5 Å². The molecule has 1 saturated carbocycles. The number of hydrogen-bond donors (Lipinski definition) is 1. The van der Waals surface area contributed by atoms with Crippen molar-refractivity contribution < 1.29 is 9.53 Å². The maximum Gasteiger partial charge on any atom is 0.326 e. The number of nitrogens with zero attached hydrogens (tertiary/aromatic N) is 2. The molecule has 0 radical (unpaired) electrons. The van der Waals surface area contributed by atoms with E-state index in [1.54, 1.807) is 0 Å². The molecule has 0 amide bonds. The van der Waals surface area contributed by atoms with Crippen molar-refractivity contribution in [3.8, 4) is 0 Å². The Bertz CT molecular complexity index is 469. The molecule has 1 N–H and O–H groups in total. The van der Waals surface area contributed by atoms with Crippen LogP contribution in [0.3, 0.4) is 0 Å². The zero-order chi connectivity index (χ0) is 14.0. The summed E-state index contributed by atoms with van der Waals surface area (Å²) < 4.78 is 7.03. The fourth-order valence-corrected chi connectivity index (χ4v) is 3.20. The third-order valence-corrected chi connectivity index (χ3v) is 3.97. The molecule has 1 aromatic rings. The second kappa shape index (κ2) is 5.33. The Morgan fingerprint density at radius 1 is 1.63 bits per heavy atom. The van der Waals surface area contributed by atoms with Crippen molar-refractivity contribution in [1.29, 1.82) is 0 Å². The van der Waals surface area contributed by atoms with Crippen LogP contribution in [0.2, 0.25) is 0 Å². The summed E-state index contributed by atoms with van der Waals surface area (Å²) >= 11 is 0. The molecule has 19 heavy (non-hydrogen) atoms. The van der Waals surface area contributed by atoms with Crippen molar-refractivity contribution in [3.63, 3.8) is 0 Å². The topological polar surface area (TPSA) is 56.1 Å². The van der Waals surface area contributed by atoms with E-state index in [1.165, 1.54) is 7.11 Å². The van der Waals surface area contributed by atoms with Crippen LogP contribution in [-0.4, -0.2) is 34.9 Å². The van der Waals surface area contributed by atoms with Gasteiger partial charge in [0, 0.05) is 5.69 Å². The average molecular weight is 265 g/mol. The van der Waals surface area contributed by atoms with Crippen LogP contribution in [0.15, 0.2) is 6.07 Å². The van der Waals surface area contributed by atoms with Gasteiger partial charge in [0.15, 0.2) is 0 Å². The Kier molecular flexibility index (Phi) is 3.94. The second-order valence-electron chi connectivity index (χ2n) is 5.37. The highest BCUT2D eigenvalue weighted by molar-refractivity contribution is 5.81. The van der Waals surface area contributed by atoms with Gasteiger partial charge in [0.05, 0.1) is 18.8 Å². The van der Waals surface area contributed by atoms with Crippen LogP contribution in [-0.2, 0) is 9.53 Å². The third-order valence-electron chi connectivity index (χ3n) is 3.97. The number of aromatic nitrogens is 2. The highest BCUT2D eigenvalue weighted by Gasteiger charge is 2.46. The number of aryl methyl sites for hydroxylation is 2. The highest BCUT2D eigenvalue weighted by Crippen LogP contribution is 2.39. The first-order valence-electron chi connectivity index (χ1n) is 6.88. The van der Waals surface area contributed by atoms with E-state index in [1.807, 2.05) is 13.8 Å². The highest BCUT2D eigenvalue weighted by atomic mass is 16.5. The van der Waals surface area contributed by atoms with Crippen LogP contribution < -0.4 is 5.32 Å². The molecule has 1 fully saturated rings. The lowest BCUT2D eigenvalue weighted by molar-refractivity contribution is -0.148. The van der Waals surface area contributed by atoms with E-state index in [9.17, 15) is 4.79 Å². The van der Waals surface area contributed by atoms with Crippen LogP contribution >= 0.6 is 0 Å². The minimum Gasteiger partial charge on any atom is -0.468 e. The number of hydrogen-bond acceptors (Lipinski definition) is 4. The number of carbonyl (C=O) groups excluding carboxylic acids is 1. The molecule has 106 valence electrons. The summed E-state index contributed by atoms with van der Waals surface area (Å²) in [7, 11) is 1.46. The molecule has 1 aromatic heterocycles. The number of ether oxygens (including phenoxy) is 1. The van der Waals surface area contributed by atoms with E-state index in [4.69, 9.17) is 4.74 Å². The number of methoxy groups -OCH3 is 1. The summed E-state index contributed by atoms with van der Waals surface area (Å²) in [4.78, 5) is 12.1. The van der Waals surface area contributed by atoms with E-state index >= 15 is 0 Å². The lowest BCUT2D eigenvalue weighted by atomic mass is 9.97. The van der Waals surface area contributed by atoms with Crippen molar-refractivity contribution in [2.24, 2.45) is 0 Å². The van der Waals surface area contributed by atoms with E-state index in [-0.39, 0.29) is 12.0 Å². The first-order chi connectivity index (χ1) is 9.02. The van der Waals surface area contributed by atoms with Gasteiger partial charge in [-0.3, -0.25) is 9.48 Å². The van der Waals surface area contributed by atoms with Gasteiger partial charge in [-0.2, -0.15) is 5.10 Å². The van der Waals surface area contributed by atoms with Crippen LogP contribution in [0.4, 0.5) is 0 Å². The Balaban J connectivity index is 2.21. The summed E-state index contributed by atoms with van der Waals surface area (Å²) in [5, 5.41) is 7.86. The molecule has 5 heteroatoms. The second-order valence-corrected chi connectivity index (χ2v) is 5.37. The van der Waals surface area contributed by atoms with Gasteiger partial charge in [0.25, 0.3) is 0 Å². The molecule has 1 aliphatic rings. The molecule has 2 unspecified atom stereocenters. The lowest BCUT2D eigenvalue weighted by Gasteiger charge is -2.27. The van der Waals surface area contributed by atoms with Crippen LogP contribution in [0.25, 0.3) is 0 Å².